The number of fused-ring (bicyclic) bond motifs is 5. The lowest BCUT2D eigenvalue weighted by Gasteiger charge is -2.52. The van der Waals surface area contributed by atoms with E-state index in [1.54, 1.807) is 0 Å². The lowest BCUT2D eigenvalue weighted by atomic mass is 9.71. The standard InChI is InChI=1S/C23H41N3O3/c1-17-7-9-24-22-21(17)18-3-5-19(6-4-18)29-15-20-23(16-27-13-10-25-23)8-2-11-26(20)12-14-28-22/h17-22,24-25H,2-16H2,1H3/t17?,18?,19?,20-,21?,22?,23+/m0/s1. The van der Waals surface area contributed by atoms with Crippen molar-refractivity contribution in [1.82, 2.24) is 15.5 Å². The van der Waals surface area contributed by atoms with Gasteiger partial charge in [-0.1, -0.05) is 6.92 Å². The minimum atomic E-state index is 0.0496. The van der Waals surface area contributed by atoms with Crippen molar-refractivity contribution < 1.29 is 14.2 Å². The van der Waals surface area contributed by atoms with Crippen molar-refractivity contribution in [2.45, 2.75) is 75.8 Å². The van der Waals surface area contributed by atoms with Crippen molar-refractivity contribution in [3.63, 3.8) is 0 Å². The first-order valence-electron chi connectivity index (χ1n) is 12.3. The first-order chi connectivity index (χ1) is 14.3. The summed E-state index contributed by atoms with van der Waals surface area (Å²) in [5.74, 6) is 2.19. The fourth-order valence-corrected chi connectivity index (χ4v) is 6.98. The van der Waals surface area contributed by atoms with Gasteiger partial charge < -0.3 is 19.5 Å². The lowest BCUT2D eigenvalue weighted by molar-refractivity contribution is -0.0960. The van der Waals surface area contributed by atoms with E-state index in [-0.39, 0.29) is 11.8 Å². The largest absolute Gasteiger partial charge is 0.378 e. The predicted octanol–water partition coefficient (Wildman–Crippen LogP) is 1.99. The first-order valence-corrected chi connectivity index (χ1v) is 12.3. The van der Waals surface area contributed by atoms with Crippen molar-refractivity contribution in [3.8, 4) is 0 Å². The molecule has 6 aliphatic rings. The summed E-state index contributed by atoms with van der Waals surface area (Å²) in [6.45, 7) is 9.91. The summed E-state index contributed by atoms with van der Waals surface area (Å²) in [6, 6.07) is 0.382. The molecule has 6 heteroatoms. The van der Waals surface area contributed by atoms with Gasteiger partial charge >= 0.3 is 0 Å². The third-order valence-electron chi connectivity index (χ3n) is 8.61. The Hall–Kier alpha value is -0.240. The SMILES string of the molecule is CC1CCNC2OCCN3CCC[C@@]4(COCCN4)[C@@H]3COC3CCC(CC3)C12. The molecule has 1 aliphatic carbocycles. The average Bonchev–Trinajstić information content (AvgIpc) is 2.76. The van der Waals surface area contributed by atoms with E-state index in [1.165, 1.54) is 44.9 Å². The molecule has 166 valence electrons. The van der Waals surface area contributed by atoms with Gasteiger partial charge in [0, 0.05) is 19.0 Å². The number of rotatable bonds is 0. The second-order valence-corrected chi connectivity index (χ2v) is 10.2. The molecule has 29 heavy (non-hydrogen) atoms. The van der Waals surface area contributed by atoms with Crippen LogP contribution in [0.5, 0.6) is 0 Å². The molecule has 5 saturated heterocycles. The van der Waals surface area contributed by atoms with Gasteiger partial charge in [-0.2, -0.15) is 0 Å². The van der Waals surface area contributed by atoms with Gasteiger partial charge in [-0.15, -0.1) is 0 Å². The maximum absolute atomic E-state index is 6.61. The molecule has 6 rings (SSSR count). The third-order valence-corrected chi connectivity index (χ3v) is 8.61. The Balaban J connectivity index is 1.35. The van der Waals surface area contributed by atoms with E-state index in [0.29, 0.717) is 18.1 Å². The zero-order valence-corrected chi connectivity index (χ0v) is 18.2. The van der Waals surface area contributed by atoms with Gasteiger partial charge in [0.05, 0.1) is 44.1 Å². The van der Waals surface area contributed by atoms with Gasteiger partial charge in [0.1, 0.15) is 6.23 Å². The normalized spacial score (nSPS) is 47.5. The Bertz CT molecular complexity index is 528. The van der Waals surface area contributed by atoms with Crippen LogP contribution in [0.3, 0.4) is 0 Å². The van der Waals surface area contributed by atoms with E-state index in [1.807, 2.05) is 0 Å². The highest BCUT2D eigenvalue weighted by Gasteiger charge is 2.47. The van der Waals surface area contributed by atoms with Crippen molar-refractivity contribution >= 4 is 0 Å². The number of ether oxygens (including phenoxy) is 3. The highest BCUT2D eigenvalue weighted by Crippen LogP contribution is 2.40. The smallest absolute Gasteiger partial charge is 0.111 e. The number of morpholine rings is 1. The number of nitrogens with zero attached hydrogens (tertiary/aromatic N) is 1. The first kappa shape index (κ1) is 20.7. The van der Waals surface area contributed by atoms with Gasteiger partial charge in [-0.05, 0) is 69.9 Å². The van der Waals surface area contributed by atoms with Crippen molar-refractivity contribution in [2.75, 3.05) is 52.6 Å². The number of hydrogen-bond donors (Lipinski definition) is 2. The molecule has 6 nitrogen and oxygen atoms in total. The molecule has 2 bridgehead atoms. The minimum absolute atomic E-state index is 0.0496. The van der Waals surface area contributed by atoms with Crippen LogP contribution in [0.2, 0.25) is 0 Å². The van der Waals surface area contributed by atoms with Crippen LogP contribution in [0.15, 0.2) is 0 Å². The zero-order chi connectivity index (χ0) is 19.7. The Labute approximate surface area is 176 Å². The quantitative estimate of drug-likeness (QED) is 0.641. The molecule has 5 heterocycles. The number of piperidine rings is 2. The molecule has 1 spiro atoms. The molecular formula is C23H41N3O3. The predicted molar refractivity (Wildman–Crippen MR) is 113 cm³/mol. The highest BCUT2D eigenvalue weighted by atomic mass is 16.5. The van der Waals surface area contributed by atoms with Crippen LogP contribution < -0.4 is 10.6 Å². The van der Waals surface area contributed by atoms with E-state index in [2.05, 4.69) is 22.5 Å². The van der Waals surface area contributed by atoms with Gasteiger partial charge in [0.25, 0.3) is 0 Å². The van der Waals surface area contributed by atoms with E-state index < -0.39 is 0 Å². The van der Waals surface area contributed by atoms with Crippen LogP contribution >= 0.6 is 0 Å². The molecule has 0 amide bonds. The van der Waals surface area contributed by atoms with E-state index in [4.69, 9.17) is 14.2 Å². The second kappa shape index (κ2) is 9.09. The fourth-order valence-electron chi connectivity index (χ4n) is 6.98. The second-order valence-electron chi connectivity index (χ2n) is 10.2. The molecule has 5 aliphatic heterocycles. The Morgan fingerprint density at radius 1 is 0.966 bits per heavy atom. The van der Waals surface area contributed by atoms with Crippen LogP contribution in [-0.2, 0) is 14.2 Å². The molecule has 5 atom stereocenters. The minimum Gasteiger partial charge on any atom is -0.378 e. The Kier molecular flexibility index (Phi) is 6.47. The summed E-state index contributed by atoms with van der Waals surface area (Å²) >= 11 is 0. The summed E-state index contributed by atoms with van der Waals surface area (Å²) < 4.78 is 19.1. The molecule has 3 unspecified atom stereocenters. The molecular weight excluding hydrogens is 366 g/mol. The van der Waals surface area contributed by atoms with Crippen LogP contribution in [0.25, 0.3) is 0 Å². The van der Waals surface area contributed by atoms with E-state index in [0.717, 1.165) is 64.4 Å². The van der Waals surface area contributed by atoms with Crippen LogP contribution in [0.1, 0.15) is 51.9 Å². The Morgan fingerprint density at radius 2 is 1.86 bits per heavy atom. The molecule has 2 N–H and O–H groups in total. The van der Waals surface area contributed by atoms with Crippen molar-refractivity contribution in [3.05, 3.63) is 0 Å². The van der Waals surface area contributed by atoms with Crippen molar-refractivity contribution in [2.24, 2.45) is 17.8 Å². The summed E-state index contributed by atoms with van der Waals surface area (Å²) in [4.78, 5) is 2.64. The number of hydrogen-bond acceptors (Lipinski definition) is 6. The maximum Gasteiger partial charge on any atom is 0.111 e. The Morgan fingerprint density at radius 3 is 2.69 bits per heavy atom. The van der Waals surface area contributed by atoms with Gasteiger partial charge in [-0.3, -0.25) is 10.2 Å². The van der Waals surface area contributed by atoms with E-state index >= 15 is 0 Å². The zero-order valence-electron chi connectivity index (χ0n) is 18.2. The molecule has 6 fully saturated rings. The van der Waals surface area contributed by atoms with Crippen LogP contribution in [0, 0.1) is 17.8 Å². The highest BCUT2D eigenvalue weighted by molar-refractivity contribution is 5.04. The topological polar surface area (TPSA) is 55.0 Å². The summed E-state index contributed by atoms with van der Waals surface area (Å²) in [5, 5.41) is 7.58. The summed E-state index contributed by atoms with van der Waals surface area (Å²) in [5.41, 5.74) is 0.0496. The third kappa shape index (κ3) is 4.26. The number of nitrogens with one attached hydrogen (secondary N) is 2. The average molecular weight is 408 g/mol. The van der Waals surface area contributed by atoms with Crippen LogP contribution in [0.4, 0.5) is 0 Å². The monoisotopic (exact) mass is 407 g/mol. The van der Waals surface area contributed by atoms with Gasteiger partial charge in [0.2, 0.25) is 0 Å². The van der Waals surface area contributed by atoms with Gasteiger partial charge in [0.15, 0.2) is 0 Å². The van der Waals surface area contributed by atoms with Gasteiger partial charge in [-0.25, -0.2) is 0 Å². The molecule has 0 aromatic heterocycles. The van der Waals surface area contributed by atoms with E-state index in [9.17, 15) is 0 Å². The molecule has 0 radical (unpaired) electrons. The summed E-state index contributed by atoms with van der Waals surface area (Å²) in [7, 11) is 0. The molecule has 0 aromatic rings. The fraction of sp³-hybridized carbons (Fsp3) is 1.00. The van der Waals surface area contributed by atoms with Crippen molar-refractivity contribution in [1.29, 1.82) is 0 Å². The summed E-state index contributed by atoms with van der Waals surface area (Å²) in [6.07, 6.45) is 9.37. The lowest BCUT2D eigenvalue weighted by Crippen LogP contribution is -2.70. The van der Waals surface area contributed by atoms with Crippen LogP contribution in [-0.4, -0.2) is 81.4 Å². The molecule has 1 saturated carbocycles. The molecule has 0 aromatic carbocycles. The maximum atomic E-state index is 6.61.